The Labute approximate surface area is 139 Å². The highest BCUT2D eigenvalue weighted by Crippen LogP contribution is 2.46. The Balaban J connectivity index is 1.95. The summed E-state index contributed by atoms with van der Waals surface area (Å²) in [4.78, 5) is 0. The second-order valence-electron chi connectivity index (χ2n) is 8.05. The SMILES string of the molecule is CC(C)(C)[Si](C)(C)OC[C@H]1[C@@H](CC=CCBr)[C@@H]2CC[C@@H]1O2. The van der Waals surface area contributed by atoms with Gasteiger partial charge in [0.25, 0.3) is 0 Å². The van der Waals surface area contributed by atoms with Crippen molar-refractivity contribution in [3.63, 3.8) is 0 Å². The maximum Gasteiger partial charge on any atom is 0.191 e. The van der Waals surface area contributed by atoms with E-state index in [0.29, 0.717) is 24.0 Å². The van der Waals surface area contributed by atoms with E-state index in [1.807, 2.05) is 0 Å². The van der Waals surface area contributed by atoms with Gasteiger partial charge in [-0.05, 0) is 43.3 Å². The molecule has 0 radical (unpaired) electrons. The van der Waals surface area contributed by atoms with Gasteiger partial charge < -0.3 is 9.16 Å². The Morgan fingerprint density at radius 2 is 1.76 bits per heavy atom. The molecule has 2 aliphatic rings. The number of ether oxygens (including phenoxy) is 1. The van der Waals surface area contributed by atoms with Crippen LogP contribution in [0.15, 0.2) is 12.2 Å². The predicted molar refractivity (Wildman–Crippen MR) is 95.6 cm³/mol. The molecular weight excluding hydrogens is 344 g/mol. The third kappa shape index (κ3) is 4.01. The standard InChI is InChI=1S/C17H31BrO2Si/c1-17(2,3)21(4,5)19-12-14-13(8-6-7-11-18)15-9-10-16(14)20-15/h6-7,13-16H,8-12H2,1-5H3/t13-,14+,15+,16+/m1/s1. The van der Waals surface area contributed by atoms with Crippen LogP contribution in [0.2, 0.25) is 18.1 Å². The minimum absolute atomic E-state index is 0.289. The summed E-state index contributed by atoms with van der Waals surface area (Å²) in [7, 11) is -1.65. The van der Waals surface area contributed by atoms with E-state index in [1.165, 1.54) is 12.8 Å². The molecule has 0 spiro atoms. The van der Waals surface area contributed by atoms with Crippen LogP contribution in [0.4, 0.5) is 0 Å². The maximum absolute atomic E-state index is 6.49. The Kier molecular flexibility index (Phi) is 5.78. The zero-order chi connectivity index (χ0) is 15.7. The second kappa shape index (κ2) is 6.86. The molecule has 0 aromatic heterocycles. The van der Waals surface area contributed by atoms with Crippen LogP contribution in [0.25, 0.3) is 0 Å². The topological polar surface area (TPSA) is 18.5 Å². The normalized spacial score (nSPS) is 33.2. The first-order valence-corrected chi connectivity index (χ1v) is 12.3. The van der Waals surface area contributed by atoms with Crippen LogP contribution in [0.5, 0.6) is 0 Å². The molecular formula is C17H31BrO2Si. The zero-order valence-corrected chi connectivity index (χ0v) is 16.8. The molecule has 2 heterocycles. The van der Waals surface area contributed by atoms with Crippen molar-refractivity contribution in [1.29, 1.82) is 0 Å². The molecule has 0 unspecified atom stereocenters. The number of fused-ring (bicyclic) bond motifs is 2. The molecule has 2 saturated heterocycles. The van der Waals surface area contributed by atoms with Crippen LogP contribution in [0.3, 0.4) is 0 Å². The third-order valence-corrected chi connectivity index (χ3v) is 10.6. The van der Waals surface area contributed by atoms with E-state index in [-0.39, 0.29) is 5.04 Å². The van der Waals surface area contributed by atoms with Gasteiger partial charge in [-0.25, -0.2) is 0 Å². The first kappa shape index (κ1) is 17.7. The van der Waals surface area contributed by atoms with Crippen LogP contribution in [-0.4, -0.2) is 32.5 Å². The van der Waals surface area contributed by atoms with Gasteiger partial charge in [0.2, 0.25) is 0 Å². The Morgan fingerprint density at radius 3 is 2.33 bits per heavy atom. The molecule has 2 bridgehead atoms. The summed E-state index contributed by atoms with van der Waals surface area (Å²) >= 11 is 3.46. The minimum atomic E-state index is -1.65. The molecule has 2 aliphatic heterocycles. The maximum atomic E-state index is 6.49. The minimum Gasteiger partial charge on any atom is -0.416 e. The lowest BCUT2D eigenvalue weighted by molar-refractivity contribution is 0.0797. The number of halogens is 1. The molecule has 0 aliphatic carbocycles. The fraction of sp³-hybridized carbons (Fsp3) is 0.882. The molecule has 2 fully saturated rings. The molecule has 0 saturated carbocycles. The van der Waals surface area contributed by atoms with E-state index in [1.54, 1.807) is 0 Å². The largest absolute Gasteiger partial charge is 0.416 e. The van der Waals surface area contributed by atoms with E-state index >= 15 is 0 Å². The first-order chi connectivity index (χ1) is 9.76. The summed E-state index contributed by atoms with van der Waals surface area (Å²) in [6.07, 6.45) is 9.05. The molecule has 4 atom stereocenters. The number of allylic oxidation sites excluding steroid dienone is 2. The average molecular weight is 375 g/mol. The number of rotatable bonds is 6. The van der Waals surface area contributed by atoms with Crippen molar-refractivity contribution in [1.82, 2.24) is 0 Å². The highest BCUT2D eigenvalue weighted by Gasteiger charge is 2.49. The van der Waals surface area contributed by atoms with Crippen molar-refractivity contribution in [2.45, 2.75) is 70.4 Å². The van der Waals surface area contributed by atoms with E-state index in [9.17, 15) is 0 Å². The molecule has 122 valence electrons. The summed E-state index contributed by atoms with van der Waals surface area (Å²) in [5.41, 5.74) is 0. The molecule has 0 amide bonds. The van der Waals surface area contributed by atoms with Crippen LogP contribution in [0.1, 0.15) is 40.0 Å². The van der Waals surface area contributed by atoms with Gasteiger partial charge in [-0.3, -0.25) is 0 Å². The molecule has 4 heteroatoms. The van der Waals surface area contributed by atoms with Gasteiger partial charge >= 0.3 is 0 Å². The lowest BCUT2D eigenvalue weighted by atomic mass is 9.78. The summed E-state index contributed by atoms with van der Waals surface area (Å²) in [6, 6.07) is 0. The second-order valence-corrected chi connectivity index (χ2v) is 13.5. The average Bonchev–Trinajstić information content (AvgIpc) is 2.96. The van der Waals surface area contributed by atoms with E-state index < -0.39 is 8.32 Å². The molecule has 0 aromatic carbocycles. The predicted octanol–water partition coefficient (Wildman–Crippen LogP) is 5.14. The fourth-order valence-corrected chi connectivity index (χ4v) is 4.57. The molecule has 21 heavy (non-hydrogen) atoms. The lowest BCUT2D eigenvalue weighted by Gasteiger charge is -2.38. The Hall–Kier alpha value is 0.357. The van der Waals surface area contributed by atoms with Gasteiger partial charge in [0.1, 0.15) is 0 Å². The summed E-state index contributed by atoms with van der Waals surface area (Å²) in [5, 5.41) is 1.23. The van der Waals surface area contributed by atoms with Crippen molar-refractivity contribution in [2.75, 3.05) is 11.9 Å². The fourth-order valence-electron chi connectivity index (χ4n) is 3.27. The molecule has 2 rings (SSSR count). The summed E-state index contributed by atoms with van der Waals surface area (Å²) in [5.74, 6) is 1.25. The Morgan fingerprint density at radius 1 is 1.14 bits per heavy atom. The van der Waals surface area contributed by atoms with Gasteiger partial charge in [0, 0.05) is 17.9 Å². The van der Waals surface area contributed by atoms with Crippen LogP contribution in [0, 0.1) is 11.8 Å². The molecule has 0 N–H and O–H groups in total. The lowest BCUT2D eigenvalue weighted by Crippen LogP contribution is -2.43. The quantitative estimate of drug-likeness (QED) is 0.363. The van der Waals surface area contributed by atoms with Crippen molar-refractivity contribution in [2.24, 2.45) is 11.8 Å². The first-order valence-electron chi connectivity index (χ1n) is 8.26. The van der Waals surface area contributed by atoms with Gasteiger partial charge in [-0.15, -0.1) is 0 Å². The smallest absolute Gasteiger partial charge is 0.191 e. The van der Waals surface area contributed by atoms with Crippen LogP contribution >= 0.6 is 15.9 Å². The zero-order valence-electron chi connectivity index (χ0n) is 14.2. The van der Waals surface area contributed by atoms with Gasteiger partial charge in [-0.1, -0.05) is 48.9 Å². The van der Waals surface area contributed by atoms with Crippen molar-refractivity contribution < 1.29 is 9.16 Å². The van der Waals surface area contributed by atoms with Gasteiger partial charge in [0.05, 0.1) is 12.2 Å². The monoisotopic (exact) mass is 374 g/mol. The number of hydrogen-bond acceptors (Lipinski definition) is 2. The van der Waals surface area contributed by atoms with E-state index in [0.717, 1.165) is 18.4 Å². The van der Waals surface area contributed by atoms with E-state index in [2.05, 4.69) is 61.9 Å². The van der Waals surface area contributed by atoms with Crippen molar-refractivity contribution >= 4 is 24.2 Å². The highest BCUT2D eigenvalue weighted by molar-refractivity contribution is 9.09. The number of hydrogen-bond donors (Lipinski definition) is 0. The third-order valence-electron chi connectivity index (χ3n) is 5.70. The van der Waals surface area contributed by atoms with Crippen LogP contribution in [-0.2, 0) is 9.16 Å². The van der Waals surface area contributed by atoms with Crippen LogP contribution < -0.4 is 0 Å². The summed E-state index contributed by atoms with van der Waals surface area (Å²) < 4.78 is 12.7. The van der Waals surface area contributed by atoms with Gasteiger partial charge in [0.15, 0.2) is 8.32 Å². The van der Waals surface area contributed by atoms with Crippen molar-refractivity contribution in [3.05, 3.63) is 12.2 Å². The highest BCUT2D eigenvalue weighted by atomic mass is 79.9. The van der Waals surface area contributed by atoms with Crippen molar-refractivity contribution in [3.8, 4) is 0 Å². The van der Waals surface area contributed by atoms with Gasteiger partial charge in [-0.2, -0.15) is 0 Å². The molecule has 2 nitrogen and oxygen atoms in total. The Bertz CT molecular complexity index is 375. The summed E-state index contributed by atoms with van der Waals surface area (Å²) in [6.45, 7) is 12.5. The number of alkyl halides is 1. The van der Waals surface area contributed by atoms with E-state index in [4.69, 9.17) is 9.16 Å². The molecule has 0 aromatic rings.